The number of hydrogen-bond donors (Lipinski definition) is 2. The highest BCUT2D eigenvalue weighted by Gasteiger charge is 2.36. The van der Waals surface area contributed by atoms with Crippen LogP contribution in [0.5, 0.6) is 11.5 Å². The zero-order chi connectivity index (χ0) is 18.7. The summed E-state index contributed by atoms with van der Waals surface area (Å²) < 4.78 is 15.4. The van der Waals surface area contributed by atoms with Crippen molar-refractivity contribution in [2.45, 2.75) is 19.4 Å². The first-order valence-electron chi connectivity index (χ1n) is 7.38. The minimum Gasteiger partial charge on any atom is -0.495 e. The first kappa shape index (κ1) is 19.2. The number of nitrogens with one attached hydrogen (secondary N) is 2. The maximum atomic E-state index is 12.3. The lowest BCUT2D eigenvalue weighted by molar-refractivity contribution is -0.136. The standard InChI is InChI=1S/C16H18Cl2N2O5/c1-5-9-10(15(21)25-4)12(20-16(22)19-9)7-6-8(17)14(24-3)11(18)13(7)23-2/h6,12H,5H2,1-4H3,(H2,19,20,22). The summed E-state index contributed by atoms with van der Waals surface area (Å²) in [4.78, 5) is 24.3. The molecule has 1 atom stereocenters. The summed E-state index contributed by atoms with van der Waals surface area (Å²) in [6, 6.07) is 0.240. The van der Waals surface area contributed by atoms with Crippen LogP contribution in [0.1, 0.15) is 24.9 Å². The molecular formula is C16H18Cl2N2O5. The topological polar surface area (TPSA) is 85.9 Å². The van der Waals surface area contributed by atoms with Gasteiger partial charge in [-0.25, -0.2) is 9.59 Å². The molecule has 1 heterocycles. The fourth-order valence-corrected chi connectivity index (χ4v) is 3.40. The second-order valence-electron chi connectivity index (χ2n) is 5.10. The van der Waals surface area contributed by atoms with Crippen LogP contribution in [0.25, 0.3) is 0 Å². The lowest BCUT2D eigenvalue weighted by Gasteiger charge is -2.30. The second-order valence-corrected chi connectivity index (χ2v) is 5.88. The summed E-state index contributed by atoms with van der Waals surface area (Å²) in [6.45, 7) is 1.81. The minimum absolute atomic E-state index is 0.141. The summed E-state index contributed by atoms with van der Waals surface area (Å²) in [7, 11) is 4.11. The number of halogens is 2. The summed E-state index contributed by atoms with van der Waals surface area (Å²) in [5, 5.41) is 5.66. The SMILES string of the molecule is CCC1=C(C(=O)OC)C(c2cc(Cl)c(OC)c(Cl)c2OC)NC(=O)N1. The number of allylic oxidation sites excluding steroid dienone is 1. The van der Waals surface area contributed by atoms with Gasteiger partial charge >= 0.3 is 12.0 Å². The molecule has 136 valence electrons. The molecule has 2 N–H and O–H groups in total. The third kappa shape index (κ3) is 3.48. The van der Waals surface area contributed by atoms with Crippen molar-refractivity contribution >= 4 is 35.2 Å². The lowest BCUT2D eigenvalue weighted by atomic mass is 9.93. The van der Waals surface area contributed by atoms with Crippen molar-refractivity contribution in [1.29, 1.82) is 0 Å². The number of ether oxygens (including phenoxy) is 3. The van der Waals surface area contributed by atoms with E-state index in [4.69, 9.17) is 37.4 Å². The van der Waals surface area contributed by atoms with Crippen molar-refractivity contribution in [2.75, 3.05) is 21.3 Å². The average molecular weight is 389 g/mol. The molecule has 0 radical (unpaired) electrons. The molecule has 25 heavy (non-hydrogen) atoms. The molecule has 1 aliphatic heterocycles. The predicted molar refractivity (Wildman–Crippen MR) is 93.3 cm³/mol. The Balaban J connectivity index is 2.73. The van der Waals surface area contributed by atoms with Gasteiger partial charge in [0.05, 0.1) is 38.0 Å². The highest BCUT2D eigenvalue weighted by molar-refractivity contribution is 6.38. The summed E-state index contributed by atoms with van der Waals surface area (Å²) in [5.41, 5.74) is 1.12. The molecule has 0 aliphatic carbocycles. The number of esters is 1. The predicted octanol–water partition coefficient (Wildman–Crippen LogP) is 3.20. The van der Waals surface area contributed by atoms with E-state index < -0.39 is 18.0 Å². The average Bonchev–Trinajstić information content (AvgIpc) is 2.60. The van der Waals surface area contributed by atoms with E-state index in [9.17, 15) is 9.59 Å². The summed E-state index contributed by atoms with van der Waals surface area (Å²) in [6.07, 6.45) is 0.425. The van der Waals surface area contributed by atoms with E-state index in [0.29, 0.717) is 17.7 Å². The quantitative estimate of drug-likeness (QED) is 0.756. The molecule has 1 aromatic rings. The highest BCUT2D eigenvalue weighted by atomic mass is 35.5. The van der Waals surface area contributed by atoms with Gasteiger partial charge in [0.2, 0.25) is 0 Å². The van der Waals surface area contributed by atoms with Gasteiger partial charge in [-0.3, -0.25) is 0 Å². The van der Waals surface area contributed by atoms with E-state index in [1.165, 1.54) is 27.4 Å². The van der Waals surface area contributed by atoms with Gasteiger partial charge in [-0.05, 0) is 12.5 Å². The molecule has 0 aromatic heterocycles. The highest BCUT2D eigenvalue weighted by Crippen LogP contribution is 2.46. The number of amides is 2. The number of carbonyl (C=O) groups excluding carboxylic acids is 2. The van der Waals surface area contributed by atoms with E-state index in [-0.39, 0.29) is 27.1 Å². The van der Waals surface area contributed by atoms with Crippen LogP contribution in [0.3, 0.4) is 0 Å². The van der Waals surface area contributed by atoms with Gasteiger partial charge in [-0.1, -0.05) is 30.1 Å². The molecule has 2 rings (SSSR count). The van der Waals surface area contributed by atoms with Crippen LogP contribution in [-0.2, 0) is 9.53 Å². The molecule has 9 heteroatoms. The van der Waals surface area contributed by atoms with Gasteiger partial charge in [0.15, 0.2) is 5.75 Å². The van der Waals surface area contributed by atoms with Gasteiger partial charge in [0, 0.05) is 11.3 Å². The van der Waals surface area contributed by atoms with Crippen molar-refractivity contribution in [1.82, 2.24) is 10.6 Å². The number of hydrogen-bond acceptors (Lipinski definition) is 5. The Morgan fingerprint density at radius 1 is 1.20 bits per heavy atom. The fraction of sp³-hybridized carbons (Fsp3) is 0.375. The molecular weight excluding hydrogens is 371 g/mol. The van der Waals surface area contributed by atoms with Gasteiger partial charge in [-0.15, -0.1) is 0 Å². The van der Waals surface area contributed by atoms with E-state index in [1.807, 2.05) is 6.92 Å². The van der Waals surface area contributed by atoms with E-state index in [1.54, 1.807) is 0 Å². The van der Waals surface area contributed by atoms with Gasteiger partial charge in [-0.2, -0.15) is 0 Å². The Morgan fingerprint density at radius 2 is 1.84 bits per heavy atom. The van der Waals surface area contributed by atoms with E-state index in [0.717, 1.165) is 0 Å². The lowest BCUT2D eigenvalue weighted by Crippen LogP contribution is -2.45. The van der Waals surface area contributed by atoms with E-state index in [2.05, 4.69) is 10.6 Å². The monoisotopic (exact) mass is 388 g/mol. The molecule has 7 nitrogen and oxygen atoms in total. The summed E-state index contributed by atoms with van der Waals surface area (Å²) in [5.74, 6) is -0.102. The molecule has 0 spiro atoms. The largest absolute Gasteiger partial charge is 0.495 e. The number of methoxy groups -OCH3 is 3. The molecule has 0 saturated heterocycles. The minimum atomic E-state index is -0.841. The number of carbonyl (C=O) groups is 2. The van der Waals surface area contributed by atoms with Crippen LogP contribution in [-0.4, -0.2) is 33.3 Å². The van der Waals surface area contributed by atoms with E-state index >= 15 is 0 Å². The molecule has 0 saturated carbocycles. The van der Waals surface area contributed by atoms with Crippen molar-refractivity contribution in [3.63, 3.8) is 0 Å². The fourth-order valence-electron chi connectivity index (χ4n) is 2.69. The van der Waals surface area contributed by atoms with Crippen molar-refractivity contribution < 1.29 is 23.8 Å². The smallest absolute Gasteiger partial charge is 0.337 e. The normalized spacial score (nSPS) is 16.9. The molecule has 1 aliphatic rings. The number of benzene rings is 1. The Labute approximate surface area is 155 Å². The first-order valence-corrected chi connectivity index (χ1v) is 8.13. The maximum Gasteiger partial charge on any atom is 0.337 e. The number of urea groups is 1. The van der Waals surface area contributed by atoms with Crippen LogP contribution < -0.4 is 20.1 Å². The molecule has 2 amide bonds. The van der Waals surface area contributed by atoms with Gasteiger partial charge < -0.3 is 24.8 Å². The Bertz CT molecular complexity index is 749. The van der Waals surface area contributed by atoms with Gasteiger partial charge in [0.1, 0.15) is 10.8 Å². The first-order chi connectivity index (χ1) is 11.9. The molecule has 1 unspecified atom stereocenters. The van der Waals surface area contributed by atoms with Crippen LogP contribution in [0.15, 0.2) is 17.3 Å². The summed E-state index contributed by atoms with van der Waals surface area (Å²) >= 11 is 12.5. The second kappa shape index (κ2) is 7.84. The Kier molecular flexibility index (Phi) is 6.02. The van der Waals surface area contributed by atoms with Crippen LogP contribution in [0.2, 0.25) is 10.0 Å². The zero-order valence-corrected chi connectivity index (χ0v) is 15.7. The van der Waals surface area contributed by atoms with Crippen LogP contribution >= 0.6 is 23.2 Å². The van der Waals surface area contributed by atoms with Crippen LogP contribution in [0.4, 0.5) is 4.79 Å². The third-order valence-corrected chi connectivity index (χ3v) is 4.42. The van der Waals surface area contributed by atoms with Crippen molar-refractivity contribution in [2.24, 2.45) is 0 Å². The Morgan fingerprint density at radius 3 is 2.36 bits per heavy atom. The number of rotatable bonds is 5. The molecule has 0 fully saturated rings. The Hall–Kier alpha value is -2.12. The third-order valence-electron chi connectivity index (χ3n) is 3.79. The van der Waals surface area contributed by atoms with Crippen molar-refractivity contribution in [3.05, 3.63) is 32.9 Å². The maximum absolute atomic E-state index is 12.3. The zero-order valence-electron chi connectivity index (χ0n) is 14.2. The molecule has 1 aromatic carbocycles. The van der Waals surface area contributed by atoms with Crippen LogP contribution in [0, 0.1) is 0 Å². The van der Waals surface area contributed by atoms with Crippen molar-refractivity contribution in [3.8, 4) is 11.5 Å². The molecule has 0 bridgehead atoms. The van der Waals surface area contributed by atoms with Gasteiger partial charge in [0.25, 0.3) is 0 Å².